The summed E-state index contributed by atoms with van der Waals surface area (Å²) in [4.78, 5) is 19.4. The molecule has 0 atom stereocenters. The van der Waals surface area contributed by atoms with E-state index in [1.165, 1.54) is 6.07 Å². The van der Waals surface area contributed by atoms with Crippen molar-refractivity contribution >= 4 is 16.9 Å². The third-order valence-corrected chi connectivity index (χ3v) is 4.93. The van der Waals surface area contributed by atoms with E-state index >= 15 is 0 Å². The third-order valence-electron chi connectivity index (χ3n) is 4.93. The minimum Gasteiger partial charge on any atom is -0.337 e. The summed E-state index contributed by atoms with van der Waals surface area (Å²) >= 11 is 0. The van der Waals surface area contributed by atoms with E-state index in [1.54, 1.807) is 34.8 Å². The van der Waals surface area contributed by atoms with Gasteiger partial charge in [0.25, 0.3) is 5.91 Å². The van der Waals surface area contributed by atoms with Crippen LogP contribution in [0.1, 0.15) is 46.1 Å². The highest BCUT2D eigenvalue weighted by Crippen LogP contribution is 2.40. The molecule has 1 saturated carbocycles. The molecule has 1 aliphatic carbocycles. The summed E-state index contributed by atoms with van der Waals surface area (Å²) in [5.74, 6) is -0.0139. The van der Waals surface area contributed by atoms with Crippen molar-refractivity contribution in [1.29, 1.82) is 0 Å². The molecule has 0 saturated heterocycles. The molecule has 0 bridgehead atoms. The fourth-order valence-corrected chi connectivity index (χ4v) is 3.38. The lowest BCUT2D eigenvalue weighted by Gasteiger charge is -2.19. The van der Waals surface area contributed by atoms with Gasteiger partial charge in [0.05, 0.1) is 16.6 Å². The number of carbonyl (C=O) groups is 1. The smallest absolute Gasteiger partial charge is 0.254 e. The number of hydrogen-bond acceptors (Lipinski definition) is 3. The van der Waals surface area contributed by atoms with Crippen LogP contribution in [-0.4, -0.2) is 32.6 Å². The second-order valence-electron chi connectivity index (χ2n) is 7.03. The van der Waals surface area contributed by atoms with E-state index in [9.17, 15) is 9.18 Å². The fourth-order valence-electron chi connectivity index (χ4n) is 3.38. The highest BCUT2D eigenvalue weighted by atomic mass is 19.1. The summed E-state index contributed by atoms with van der Waals surface area (Å²) in [5.41, 5.74) is 3.55. The van der Waals surface area contributed by atoms with Gasteiger partial charge >= 0.3 is 0 Å². The van der Waals surface area contributed by atoms with Gasteiger partial charge in [-0.3, -0.25) is 9.48 Å². The normalized spacial score (nSPS) is 14.0. The Hall–Kier alpha value is -2.76. The number of rotatable bonds is 4. The molecule has 1 aliphatic rings. The van der Waals surface area contributed by atoms with Crippen LogP contribution in [-0.2, 0) is 13.6 Å². The van der Waals surface area contributed by atoms with Crippen LogP contribution in [0.2, 0.25) is 0 Å². The van der Waals surface area contributed by atoms with Crippen molar-refractivity contribution in [1.82, 2.24) is 19.7 Å². The lowest BCUT2D eigenvalue weighted by Crippen LogP contribution is -2.27. The molecule has 0 unspecified atom stereocenters. The first-order valence-electron chi connectivity index (χ1n) is 8.79. The van der Waals surface area contributed by atoms with Crippen molar-refractivity contribution in [2.45, 2.75) is 32.2 Å². The van der Waals surface area contributed by atoms with E-state index < -0.39 is 0 Å². The number of aromatic nitrogens is 3. The summed E-state index contributed by atoms with van der Waals surface area (Å²) in [7, 11) is 3.54. The number of pyridine rings is 1. The van der Waals surface area contributed by atoms with E-state index in [0.717, 1.165) is 35.3 Å². The largest absolute Gasteiger partial charge is 0.337 e. The molecular weight excluding hydrogens is 331 g/mol. The van der Waals surface area contributed by atoms with Gasteiger partial charge < -0.3 is 4.90 Å². The zero-order valence-corrected chi connectivity index (χ0v) is 15.2. The van der Waals surface area contributed by atoms with Crippen molar-refractivity contribution in [3.8, 4) is 0 Å². The highest BCUT2D eigenvalue weighted by Gasteiger charge is 2.29. The number of aryl methyl sites for hydroxylation is 2. The molecule has 0 spiro atoms. The molecule has 0 aliphatic heterocycles. The zero-order chi connectivity index (χ0) is 18.4. The molecule has 1 fully saturated rings. The lowest BCUT2D eigenvalue weighted by molar-refractivity contribution is 0.0785. The van der Waals surface area contributed by atoms with E-state index in [-0.39, 0.29) is 18.3 Å². The van der Waals surface area contributed by atoms with Crippen LogP contribution >= 0.6 is 0 Å². The third kappa shape index (κ3) is 2.85. The summed E-state index contributed by atoms with van der Waals surface area (Å²) in [5, 5.41) is 5.21. The van der Waals surface area contributed by atoms with Gasteiger partial charge in [-0.1, -0.05) is 18.2 Å². The monoisotopic (exact) mass is 352 g/mol. The first-order valence-corrected chi connectivity index (χ1v) is 8.79. The molecule has 1 amide bonds. The Bertz CT molecular complexity index is 1010. The first kappa shape index (κ1) is 16.7. The van der Waals surface area contributed by atoms with Crippen molar-refractivity contribution < 1.29 is 9.18 Å². The average molecular weight is 352 g/mol. The Labute approximate surface area is 151 Å². The summed E-state index contributed by atoms with van der Waals surface area (Å²) in [6, 6.07) is 8.43. The van der Waals surface area contributed by atoms with Crippen molar-refractivity contribution in [3.63, 3.8) is 0 Å². The molecule has 4 rings (SSSR count). The first-order chi connectivity index (χ1) is 12.5. The van der Waals surface area contributed by atoms with Crippen LogP contribution < -0.4 is 0 Å². The topological polar surface area (TPSA) is 51.0 Å². The second-order valence-corrected chi connectivity index (χ2v) is 7.03. The highest BCUT2D eigenvalue weighted by molar-refractivity contribution is 6.06. The Morgan fingerprint density at radius 1 is 1.35 bits per heavy atom. The molecule has 1 aromatic carbocycles. The van der Waals surface area contributed by atoms with Gasteiger partial charge in [-0.2, -0.15) is 5.10 Å². The number of carbonyl (C=O) groups excluding carboxylic acids is 1. The molecule has 26 heavy (non-hydrogen) atoms. The van der Waals surface area contributed by atoms with Crippen LogP contribution in [0.25, 0.3) is 11.0 Å². The quantitative estimate of drug-likeness (QED) is 0.721. The maximum Gasteiger partial charge on any atom is 0.254 e. The average Bonchev–Trinajstić information content (AvgIpc) is 3.42. The van der Waals surface area contributed by atoms with Gasteiger partial charge in [0, 0.05) is 37.8 Å². The molecule has 2 aromatic heterocycles. The van der Waals surface area contributed by atoms with Crippen molar-refractivity contribution in [2.75, 3.05) is 7.05 Å². The minimum atomic E-state index is -0.303. The summed E-state index contributed by atoms with van der Waals surface area (Å²) < 4.78 is 15.7. The predicted molar refractivity (Wildman–Crippen MR) is 97.4 cm³/mol. The molecule has 0 radical (unpaired) electrons. The minimum absolute atomic E-state index is 0.140. The van der Waals surface area contributed by atoms with Gasteiger partial charge in [-0.05, 0) is 31.9 Å². The van der Waals surface area contributed by atoms with Gasteiger partial charge in [0.1, 0.15) is 5.82 Å². The number of halogens is 1. The predicted octanol–water partition coefficient (Wildman–Crippen LogP) is 3.57. The SMILES string of the molecule is Cc1nn(C)c2nc(C3CC3)cc(C(=O)N(C)Cc3ccccc3F)c12. The van der Waals surface area contributed by atoms with Crippen LogP contribution in [0, 0.1) is 12.7 Å². The Balaban J connectivity index is 1.75. The van der Waals surface area contributed by atoms with Crippen LogP contribution in [0.15, 0.2) is 30.3 Å². The van der Waals surface area contributed by atoms with E-state index in [0.29, 0.717) is 17.0 Å². The molecule has 3 aromatic rings. The fraction of sp³-hybridized carbons (Fsp3) is 0.350. The van der Waals surface area contributed by atoms with Gasteiger partial charge in [-0.25, -0.2) is 9.37 Å². The molecule has 0 N–H and O–H groups in total. The second kappa shape index (κ2) is 6.20. The van der Waals surface area contributed by atoms with E-state index in [1.807, 2.05) is 20.0 Å². The number of hydrogen-bond donors (Lipinski definition) is 0. The Morgan fingerprint density at radius 2 is 2.08 bits per heavy atom. The number of amides is 1. The number of benzene rings is 1. The Kier molecular flexibility index (Phi) is 3.98. The van der Waals surface area contributed by atoms with Gasteiger partial charge in [0.2, 0.25) is 0 Å². The summed E-state index contributed by atoms with van der Waals surface area (Å²) in [6.07, 6.45) is 2.21. The number of fused-ring (bicyclic) bond motifs is 1. The Morgan fingerprint density at radius 3 is 2.77 bits per heavy atom. The zero-order valence-electron chi connectivity index (χ0n) is 15.2. The molecular formula is C20H21FN4O. The molecule has 2 heterocycles. The molecule has 5 nitrogen and oxygen atoms in total. The van der Waals surface area contributed by atoms with Crippen LogP contribution in [0.4, 0.5) is 4.39 Å². The standard InChI is InChI=1S/C20H21FN4O/c1-12-18-15(10-17(13-8-9-13)22-19(18)25(3)23-12)20(26)24(2)11-14-6-4-5-7-16(14)21/h4-7,10,13H,8-9,11H2,1-3H3. The number of nitrogens with zero attached hydrogens (tertiary/aromatic N) is 4. The van der Waals surface area contributed by atoms with Crippen LogP contribution in [0.3, 0.4) is 0 Å². The van der Waals surface area contributed by atoms with E-state index in [4.69, 9.17) is 4.98 Å². The molecule has 134 valence electrons. The maximum atomic E-state index is 14.0. The van der Waals surface area contributed by atoms with Crippen molar-refractivity contribution in [3.05, 3.63) is 58.7 Å². The van der Waals surface area contributed by atoms with Crippen molar-refractivity contribution in [2.24, 2.45) is 7.05 Å². The van der Waals surface area contributed by atoms with Gasteiger partial charge in [0.15, 0.2) is 5.65 Å². The molecule has 6 heteroatoms. The lowest BCUT2D eigenvalue weighted by atomic mass is 10.1. The van der Waals surface area contributed by atoms with Crippen LogP contribution in [0.5, 0.6) is 0 Å². The van der Waals surface area contributed by atoms with Gasteiger partial charge in [-0.15, -0.1) is 0 Å². The summed E-state index contributed by atoms with van der Waals surface area (Å²) in [6.45, 7) is 2.10. The maximum absolute atomic E-state index is 14.0. The van der Waals surface area contributed by atoms with E-state index in [2.05, 4.69) is 5.10 Å².